The molecule has 0 fully saturated rings. The molecule has 0 spiro atoms. The minimum absolute atomic E-state index is 0.547. The molecule has 0 aromatic heterocycles. The van der Waals surface area contributed by atoms with E-state index in [-0.39, 0.29) is 0 Å². The number of aryl methyl sites for hydroxylation is 2. The second kappa shape index (κ2) is 7.00. The van der Waals surface area contributed by atoms with Gasteiger partial charge in [-0.2, -0.15) is 0 Å². The van der Waals surface area contributed by atoms with Crippen molar-refractivity contribution < 1.29 is 23.1 Å². The van der Waals surface area contributed by atoms with Crippen LogP contribution in [-0.4, -0.2) is 18.5 Å². The van der Waals surface area contributed by atoms with E-state index in [0.29, 0.717) is 5.69 Å². The predicted octanol–water partition coefficient (Wildman–Crippen LogP) is 3.38. The Kier molecular flexibility index (Phi) is 5.05. The Morgan fingerprint density at radius 2 is 1.70 bits per heavy atom. The Labute approximate surface area is 132 Å². The van der Waals surface area contributed by atoms with E-state index in [0.717, 1.165) is 29.3 Å². The number of carbonyl (C=O) groups excluding carboxylic acids is 2. The van der Waals surface area contributed by atoms with E-state index in [1.54, 1.807) is 12.1 Å². The summed E-state index contributed by atoms with van der Waals surface area (Å²) in [6.07, 6.45) is 0. The summed E-state index contributed by atoms with van der Waals surface area (Å²) < 4.78 is 31.5. The Bertz CT molecular complexity index is 739. The molecule has 0 atom stereocenters. The number of rotatable bonds is 4. The van der Waals surface area contributed by atoms with Crippen molar-refractivity contribution in [3.63, 3.8) is 0 Å². The molecular weight excluding hydrogens is 304 g/mol. The molecule has 1 amide bonds. The van der Waals surface area contributed by atoms with Gasteiger partial charge in [0.2, 0.25) is 0 Å². The summed E-state index contributed by atoms with van der Waals surface area (Å²) >= 11 is 0. The van der Waals surface area contributed by atoms with E-state index < -0.39 is 35.7 Å². The van der Waals surface area contributed by atoms with Crippen molar-refractivity contribution in [2.75, 3.05) is 11.9 Å². The van der Waals surface area contributed by atoms with Crippen LogP contribution in [0.2, 0.25) is 0 Å². The maximum Gasteiger partial charge on any atom is 0.344 e. The third kappa shape index (κ3) is 4.12. The molecule has 0 aliphatic heterocycles. The fourth-order valence-corrected chi connectivity index (χ4v) is 1.91. The lowest BCUT2D eigenvalue weighted by Gasteiger charge is -2.09. The van der Waals surface area contributed by atoms with Gasteiger partial charge in [0, 0.05) is 5.69 Å². The van der Waals surface area contributed by atoms with E-state index in [2.05, 4.69) is 10.1 Å². The van der Waals surface area contributed by atoms with Gasteiger partial charge in [0.05, 0.1) is 0 Å². The molecule has 0 aliphatic carbocycles. The first-order chi connectivity index (χ1) is 10.9. The third-order valence-electron chi connectivity index (χ3n) is 3.29. The van der Waals surface area contributed by atoms with Crippen molar-refractivity contribution in [1.82, 2.24) is 0 Å². The minimum Gasteiger partial charge on any atom is -0.452 e. The number of anilines is 1. The summed E-state index contributed by atoms with van der Waals surface area (Å²) in [6, 6.07) is 8.33. The van der Waals surface area contributed by atoms with Crippen LogP contribution in [0.15, 0.2) is 36.4 Å². The number of ether oxygens (including phenoxy) is 1. The molecule has 0 saturated carbocycles. The second-order valence-electron chi connectivity index (χ2n) is 5.02. The van der Waals surface area contributed by atoms with Gasteiger partial charge in [-0.25, -0.2) is 13.6 Å². The maximum atomic E-state index is 13.4. The molecule has 2 aromatic carbocycles. The molecule has 6 heteroatoms. The Morgan fingerprint density at radius 3 is 2.30 bits per heavy atom. The number of benzene rings is 2. The van der Waals surface area contributed by atoms with Gasteiger partial charge in [0.25, 0.3) is 5.91 Å². The Hall–Kier alpha value is -2.76. The van der Waals surface area contributed by atoms with E-state index in [9.17, 15) is 18.4 Å². The van der Waals surface area contributed by atoms with Crippen molar-refractivity contribution >= 4 is 17.6 Å². The third-order valence-corrected chi connectivity index (χ3v) is 3.29. The number of hydrogen-bond acceptors (Lipinski definition) is 3. The van der Waals surface area contributed by atoms with Crippen molar-refractivity contribution in [3.8, 4) is 0 Å². The molecule has 0 aliphatic rings. The summed E-state index contributed by atoms with van der Waals surface area (Å²) in [5.41, 5.74) is 1.80. The number of carbonyl (C=O) groups is 2. The number of esters is 1. The molecule has 1 N–H and O–H groups in total. The Morgan fingerprint density at radius 1 is 1.04 bits per heavy atom. The van der Waals surface area contributed by atoms with E-state index >= 15 is 0 Å². The monoisotopic (exact) mass is 319 g/mol. The quantitative estimate of drug-likeness (QED) is 0.879. The van der Waals surface area contributed by atoms with Crippen molar-refractivity contribution in [3.05, 3.63) is 64.7 Å². The topological polar surface area (TPSA) is 55.4 Å². The van der Waals surface area contributed by atoms with Crippen molar-refractivity contribution in [2.45, 2.75) is 13.8 Å². The van der Waals surface area contributed by atoms with Crippen LogP contribution in [0.4, 0.5) is 14.5 Å². The largest absolute Gasteiger partial charge is 0.452 e. The van der Waals surface area contributed by atoms with Gasteiger partial charge < -0.3 is 10.1 Å². The van der Waals surface area contributed by atoms with Gasteiger partial charge in [-0.15, -0.1) is 0 Å². The van der Waals surface area contributed by atoms with Crippen LogP contribution in [0.1, 0.15) is 21.5 Å². The van der Waals surface area contributed by atoms with Gasteiger partial charge in [0.1, 0.15) is 17.2 Å². The van der Waals surface area contributed by atoms with E-state index in [1.807, 2.05) is 19.9 Å². The molecule has 0 saturated heterocycles. The molecule has 2 rings (SSSR count). The zero-order valence-corrected chi connectivity index (χ0v) is 12.7. The molecule has 2 aromatic rings. The average molecular weight is 319 g/mol. The zero-order chi connectivity index (χ0) is 17.0. The minimum atomic E-state index is -1.23. The van der Waals surface area contributed by atoms with Gasteiger partial charge in [-0.05, 0) is 49.2 Å². The van der Waals surface area contributed by atoms with Crippen LogP contribution in [0.5, 0.6) is 0 Å². The van der Waals surface area contributed by atoms with Gasteiger partial charge >= 0.3 is 5.97 Å². The van der Waals surface area contributed by atoms with Gasteiger partial charge in [0.15, 0.2) is 6.61 Å². The molecule has 23 heavy (non-hydrogen) atoms. The highest BCUT2D eigenvalue weighted by Gasteiger charge is 2.19. The second-order valence-corrected chi connectivity index (χ2v) is 5.02. The van der Waals surface area contributed by atoms with Crippen LogP contribution in [0.25, 0.3) is 0 Å². The number of amides is 1. The summed E-state index contributed by atoms with van der Waals surface area (Å²) in [5.74, 6) is -3.90. The molecule has 0 heterocycles. The van der Waals surface area contributed by atoms with E-state index in [1.165, 1.54) is 0 Å². The molecule has 120 valence electrons. The lowest BCUT2D eigenvalue weighted by molar-refractivity contribution is -0.119. The highest BCUT2D eigenvalue weighted by molar-refractivity contribution is 5.95. The van der Waals surface area contributed by atoms with Gasteiger partial charge in [-0.1, -0.05) is 12.1 Å². The first-order valence-electron chi connectivity index (χ1n) is 6.86. The normalized spacial score (nSPS) is 10.3. The predicted molar refractivity (Wildman–Crippen MR) is 81.2 cm³/mol. The zero-order valence-electron chi connectivity index (χ0n) is 12.7. The number of halogens is 2. The fraction of sp³-hybridized carbons (Fsp3) is 0.176. The lowest BCUT2D eigenvalue weighted by atomic mass is 10.1. The molecule has 4 nitrogen and oxygen atoms in total. The molecule has 0 radical (unpaired) electrons. The van der Waals surface area contributed by atoms with Crippen molar-refractivity contribution in [2.24, 2.45) is 0 Å². The fourth-order valence-electron chi connectivity index (χ4n) is 1.91. The number of hydrogen-bond donors (Lipinski definition) is 1. The SMILES string of the molecule is Cc1ccc(NC(=O)COC(=O)c2c(F)cccc2F)cc1C. The molecule has 0 unspecified atom stereocenters. The summed E-state index contributed by atoms with van der Waals surface area (Å²) in [5, 5.41) is 2.54. The van der Waals surface area contributed by atoms with Crippen LogP contribution in [0.3, 0.4) is 0 Å². The summed E-state index contributed by atoms with van der Waals surface area (Å²) in [6.45, 7) is 3.19. The smallest absolute Gasteiger partial charge is 0.344 e. The average Bonchev–Trinajstić information content (AvgIpc) is 2.49. The first kappa shape index (κ1) is 16.6. The van der Waals surface area contributed by atoms with Crippen LogP contribution in [0, 0.1) is 25.5 Å². The van der Waals surface area contributed by atoms with E-state index in [4.69, 9.17) is 0 Å². The summed E-state index contributed by atoms with van der Waals surface area (Å²) in [4.78, 5) is 23.4. The van der Waals surface area contributed by atoms with Crippen LogP contribution in [-0.2, 0) is 9.53 Å². The van der Waals surface area contributed by atoms with Crippen LogP contribution >= 0.6 is 0 Å². The van der Waals surface area contributed by atoms with Crippen molar-refractivity contribution in [1.29, 1.82) is 0 Å². The number of nitrogens with one attached hydrogen (secondary N) is 1. The standard InChI is InChI=1S/C17H15F2NO3/c1-10-6-7-12(8-11(10)2)20-15(21)9-23-17(22)16-13(18)4-3-5-14(16)19/h3-8H,9H2,1-2H3,(H,20,21). The van der Waals surface area contributed by atoms with Crippen LogP contribution < -0.4 is 5.32 Å². The highest BCUT2D eigenvalue weighted by Crippen LogP contribution is 2.15. The Balaban J connectivity index is 1.96. The molecular formula is C17H15F2NO3. The lowest BCUT2D eigenvalue weighted by Crippen LogP contribution is -2.22. The highest BCUT2D eigenvalue weighted by atomic mass is 19.1. The molecule has 0 bridgehead atoms. The summed E-state index contributed by atoms with van der Waals surface area (Å²) in [7, 11) is 0. The first-order valence-corrected chi connectivity index (χ1v) is 6.86. The maximum absolute atomic E-state index is 13.4. The van der Waals surface area contributed by atoms with Gasteiger partial charge in [-0.3, -0.25) is 4.79 Å².